The zero-order valence-corrected chi connectivity index (χ0v) is 44.8. The fourth-order valence-corrected chi connectivity index (χ4v) is 8.74. The summed E-state index contributed by atoms with van der Waals surface area (Å²) in [7, 11) is 0. The Hall–Kier alpha value is -2.83. The molecule has 2 aliphatic rings. The summed E-state index contributed by atoms with van der Waals surface area (Å²) >= 11 is 0. The van der Waals surface area contributed by atoms with Crippen molar-refractivity contribution in [3.05, 3.63) is 85.1 Å². The zero-order chi connectivity index (χ0) is 53.2. The Morgan fingerprint density at radius 3 is 1.51 bits per heavy atom. The number of rotatable bonds is 43. The SMILES string of the molecule is CC/C=C\C/C=C\C/C=C\C/C=C\C/C=C\CCCCCCCCCC(=O)NC(COC1OC(CO)C(OC2OC(CO)C(O)C(O)C2O)C(O)C1O)C(O)/C=C/CC/C=C/CCCCCCCCCCCC. The van der Waals surface area contributed by atoms with E-state index in [1.165, 1.54) is 70.6 Å². The summed E-state index contributed by atoms with van der Waals surface area (Å²) in [5.74, 6) is -0.264. The predicted octanol–water partition coefficient (Wildman–Crippen LogP) is 8.94. The first kappa shape index (κ1) is 66.3. The van der Waals surface area contributed by atoms with E-state index in [2.05, 4.69) is 92.1 Å². The lowest BCUT2D eigenvalue weighted by Gasteiger charge is -2.46. The van der Waals surface area contributed by atoms with Gasteiger partial charge in [0.2, 0.25) is 5.91 Å². The number of aliphatic hydroxyl groups is 8. The highest BCUT2D eigenvalue weighted by Crippen LogP contribution is 2.30. The van der Waals surface area contributed by atoms with Crippen LogP contribution < -0.4 is 5.32 Å². The normalized spacial score (nSPS) is 26.1. The summed E-state index contributed by atoms with van der Waals surface area (Å²) in [4.78, 5) is 13.2. The highest BCUT2D eigenvalue weighted by Gasteiger charge is 2.51. The zero-order valence-electron chi connectivity index (χ0n) is 44.8. The number of carbonyl (C=O) groups excluding carboxylic acids is 1. The number of amides is 1. The number of carbonyl (C=O) groups is 1. The fraction of sp³-hybridized carbons (Fsp3) is 0.746. The van der Waals surface area contributed by atoms with Crippen molar-refractivity contribution in [1.29, 1.82) is 0 Å². The van der Waals surface area contributed by atoms with Crippen molar-refractivity contribution in [2.75, 3.05) is 19.8 Å². The molecule has 0 bridgehead atoms. The van der Waals surface area contributed by atoms with Crippen LogP contribution in [-0.2, 0) is 23.7 Å². The second kappa shape index (κ2) is 44.3. The molecule has 0 aromatic carbocycles. The number of hydrogen-bond acceptors (Lipinski definition) is 13. The number of hydrogen-bond donors (Lipinski definition) is 9. The lowest BCUT2D eigenvalue weighted by Crippen LogP contribution is -2.65. The molecular weight excluding hydrogens is 931 g/mol. The summed E-state index contributed by atoms with van der Waals surface area (Å²) in [6, 6.07) is -0.942. The Labute approximate surface area is 440 Å². The molecule has 0 aromatic heterocycles. The molecule has 1 amide bonds. The molecule has 0 saturated carbocycles. The van der Waals surface area contributed by atoms with Gasteiger partial charge in [-0.1, -0.05) is 189 Å². The van der Waals surface area contributed by atoms with Crippen LogP contribution in [0.1, 0.15) is 187 Å². The lowest BCUT2D eigenvalue weighted by molar-refractivity contribution is -0.359. The van der Waals surface area contributed by atoms with E-state index in [9.17, 15) is 45.6 Å². The lowest BCUT2D eigenvalue weighted by atomic mass is 9.97. The maximum atomic E-state index is 13.2. The van der Waals surface area contributed by atoms with Gasteiger partial charge in [0, 0.05) is 6.42 Å². The highest BCUT2D eigenvalue weighted by molar-refractivity contribution is 5.76. The summed E-state index contributed by atoms with van der Waals surface area (Å²) in [5, 5.41) is 86.9. The van der Waals surface area contributed by atoms with E-state index in [0.29, 0.717) is 12.8 Å². The number of aliphatic hydroxyl groups excluding tert-OH is 8. The summed E-state index contributed by atoms with van der Waals surface area (Å²) in [6.45, 7) is 2.64. The average molecular weight is 1030 g/mol. The minimum Gasteiger partial charge on any atom is -0.394 e. The van der Waals surface area contributed by atoms with Crippen LogP contribution in [0.25, 0.3) is 0 Å². The molecule has 0 radical (unpaired) electrons. The van der Waals surface area contributed by atoms with E-state index in [-0.39, 0.29) is 18.9 Å². The number of allylic oxidation sites excluding steroid dienone is 13. The summed E-state index contributed by atoms with van der Waals surface area (Å²) in [6.07, 6.45) is 41.8. The maximum Gasteiger partial charge on any atom is 0.220 e. The summed E-state index contributed by atoms with van der Waals surface area (Å²) < 4.78 is 22.7. The van der Waals surface area contributed by atoms with Crippen molar-refractivity contribution >= 4 is 5.91 Å². The largest absolute Gasteiger partial charge is 0.394 e. The Kier molecular flexibility index (Phi) is 40.2. The molecule has 12 unspecified atom stereocenters. The average Bonchev–Trinajstić information content (AvgIpc) is 3.39. The Balaban J connectivity index is 1.81. The minimum absolute atomic E-state index is 0.256. The third kappa shape index (κ3) is 30.5. The molecule has 9 N–H and O–H groups in total. The van der Waals surface area contributed by atoms with Crippen LogP contribution in [0.3, 0.4) is 0 Å². The molecular formula is C59H101NO13. The molecule has 2 aliphatic heterocycles. The number of nitrogens with one attached hydrogen (secondary N) is 1. The third-order valence-corrected chi connectivity index (χ3v) is 13.3. The van der Waals surface area contributed by atoms with Crippen molar-refractivity contribution in [3.63, 3.8) is 0 Å². The Morgan fingerprint density at radius 2 is 0.959 bits per heavy atom. The second-order valence-corrected chi connectivity index (χ2v) is 19.7. The van der Waals surface area contributed by atoms with E-state index in [1.54, 1.807) is 6.08 Å². The van der Waals surface area contributed by atoms with Gasteiger partial charge in [-0.3, -0.25) is 4.79 Å². The van der Waals surface area contributed by atoms with E-state index >= 15 is 0 Å². The molecule has 0 aliphatic carbocycles. The van der Waals surface area contributed by atoms with E-state index in [4.69, 9.17) is 18.9 Å². The Morgan fingerprint density at radius 1 is 0.507 bits per heavy atom. The topological polar surface area (TPSA) is 228 Å². The summed E-state index contributed by atoms with van der Waals surface area (Å²) in [5.41, 5.74) is 0. The molecule has 14 heteroatoms. The van der Waals surface area contributed by atoms with Crippen LogP contribution in [0.15, 0.2) is 85.1 Å². The quantitative estimate of drug-likeness (QED) is 0.0206. The smallest absolute Gasteiger partial charge is 0.220 e. The first-order valence-electron chi connectivity index (χ1n) is 28.3. The monoisotopic (exact) mass is 1030 g/mol. The Bertz CT molecular complexity index is 1550. The van der Waals surface area contributed by atoms with Crippen LogP contribution in [0.4, 0.5) is 0 Å². The molecule has 12 atom stereocenters. The van der Waals surface area contributed by atoms with Crippen molar-refractivity contribution in [2.45, 2.75) is 261 Å². The van der Waals surface area contributed by atoms with E-state index in [1.807, 2.05) is 6.08 Å². The van der Waals surface area contributed by atoms with Gasteiger partial charge in [0.05, 0.1) is 32.0 Å². The van der Waals surface area contributed by atoms with Crippen LogP contribution in [-0.4, -0.2) is 140 Å². The van der Waals surface area contributed by atoms with E-state index < -0.39 is 86.8 Å². The van der Waals surface area contributed by atoms with Gasteiger partial charge in [-0.15, -0.1) is 0 Å². The standard InChI is InChI=1S/C59H101NO13/c1-3-5-7-9-11-13-15-17-19-21-22-23-24-25-26-27-29-31-33-35-37-39-41-43-51(64)60-47(48(63)42-40-38-36-34-32-30-28-20-18-16-14-12-10-8-6-4-2)46-70-58-56(69)54(67)57(50(45-62)72-58)73-59-55(68)53(66)52(65)49(44-61)71-59/h5,7,11,13,17,19,22-23,25-26,32,34,40,42,47-50,52-59,61-63,65-69H,3-4,6,8-10,12,14-16,18,20-21,24,27-31,33,35-39,41,43-46H2,1-2H3,(H,60,64)/b7-5-,13-11-,19-17-,23-22-,26-25-,34-32+,42-40+. The van der Waals surface area contributed by atoms with E-state index in [0.717, 1.165) is 83.5 Å². The van der Waals surface area contributed by atoms with Gasteiger partial charge in [0.25, 0.3) is 0 Å². The molecule has 2 heterocycles. The molecule has 0 spiro atoms. The molecule has 2 fully saturated rings. The molecule has 0 aromatic rings. The van der Waals surface area contributed by atoms with Crippen molar-refractivity contribution < 1.29 is 64.6 Å². The molecule has 73 heavy (non-hydrogen) atoms. The van der Waals surface area contributed by atoms with Gasteiger partial charge in [-0.05, 0) is 77.0 Å². The van der Waals surface area contributed by atoms with Gasteiger partial charge in [0.15, 0.2) is 12.6 Å². The maximum absolute atomic E-state index is 13.2. The van der Waals surface area contributed by atoms with Crippen LogP contribution >= 0.6 is 0 Å². The number of unbranched alkanes of at least 4 members (excludes halogenated alkanes) is 18. The predicted molar refractivity (Wildman–Crippen MR) is 290 cm³/mol. The fourth-order valence-electron chi connectivity index (χ4n) is 8.74. The van der Waals surface area contributed by atoms with Crippen molar-refractivity contribution in [1.82, 2.24) is 5.32 Å². The number of ether oxygens (including phenoxy) is 4. The van der Waals surface area contributed by atoms with Gasteiger partial charge < -0.3 is 65.1 Å². The van der Waals surface area contributed by atoms with Crippen molar-refractivity contribution in [2.24, 2.45) is 0 Å². The minimum atomic E-state index is -1.80. The van der Waals surface area contributed by atoms with Gasteiger partial charge in [0.1, 0.15) is 48.8 Å². The van der Waals surface area contributed by atoms with Crippen LogP contribution in [0.5, 0.6) is 0 Å². The van der Waals surface area contributed by atoms with Crippen molar-refractivity contribution in [3.8, 4) is 0 Å². The molecule has 420 valence electrons. The van der Waals surface area contributed by atoms with Gasteiger partial charge >= 0.3 is 0 Å². The molecule has 14 nitrogen and oxygen atoms in total. The second-order valence-electron chi connectivity index (χ2n) is 19.7. The van der Waals surface area contributed by atoms with Gasteiger partial charge in [-0.2, -0.15) is 0 Å². The highest BCUT2D eigenvalue weighted by atomic mass is 16.7. The first-order valence-corrected chi connectivity index (χ1v) is 28.3. The molecule has 2 saturated heterocycles. The molecule has 2 rings (SSSR count). The third-order valence-electron chi connectivity index (χ3n) is 13.3. The van der Waals surface area contributed by atoms with Gasteiger partial charge in [-0.25, -0.2) is 0 Å². The van der Waals surface area contributed by atoms with Crippen LogP contribution in [0, 0.1) is 0 Å². The first-order chi connectivity index (χ1) is 35.6. The van der Waals surface area contributed by atoms with Crippen LogP contribution in [0.2, 0.25) is 0 Å².